The first-order chi connectivity index (χ1) is 12.3. The molecule has 0 bridgehead atoms. The number of sulfonamides is 1. The van der Waals surface area contributed by atoms with Crippen LogP contribution in [0.5, 0.6) is 0 Å². The number of carbonyl (C=O) groups is 1. The minimum Gasteiger partial charge on any atom is -0.322 e. The van der Waals surface area contributed by atoms with Crippen LogP contribution in [-0.4, -0.2) is 19.1 Å². The summed E-state index contributed by atoms with van der Waals surface area (Å²) in [5, 5.41) is 2.39. The molecule has 2 aromatic rings. The van der Waals surface area contributed by atoms with Gasteiger partial charge in [-0.25, -0.2) is 8.42 Å². The van der Waals surface area contributed by atoms with Crippen LogP contribution in [0.15, 0.2) is 48.5 Å². The van der Waals surface area contributed by atoms with Crippen molar-refractivity contribution in [2.24, 2.45) is 0 Å². The molecule has 1 amide bonds. The van der Waals surface area contributed by atoms with E-state index in [2.05, 4.69) is 10.0 Å². The number of halogens is 3. The highest BCUT2D eigenvalue weighted by Crippen LogP contribution is 2.30. The molecule has 0 spiro atoms. The van der Waals surface area contributed by atoms with Crippen molar-refractivity contribution in [3.8, 4) is 0 Å². The molecule has 0 aliphatic rings. The molecule has 0 aliphatic carbocycles. The van der Waals surface area contributed by atoms with E-state index in [1.807, 2.05) is 0 Å². The molecule has 0 atom stereocenters. The summed E-state index contributed by atoms with van der Waals surface area (Å²) in [7, 11) is -3.61. The van der Waals surface area contributed by atoms with Crippen LogP contribution in [0.3, 0.4) is 0 Å². The summed E-state index contributed by atoms with van der Waals surface area (Å²) >= 11 is 0. The van der Waals surface area contributed by atoms with Crippen LogP contribution >= 0.6 is 0 Å². The number of benzene rings is 2. The van der Waals surface area contributed by atoms with Gasteiger partial charge in [0, 0.05) is 16.9 Å². The van der Waals surface area contributed by atoms with Crippen LogP contribution in [0.2, 0.25) is 0 Å². The minimum atomic E-state index is -4.51. The first kappa shape index (κ1) is 20.8. The van der Waals surface area contributed by atoms with E-state index in [4.69, 9.17) is 0 Å². The number of anilines is 2. The normalized spacial score (nSPS) is 12.5. The van der Waals surface area contributed by atoms with Gasteiger partial charge in [0.1, 0.15) is 0 Å². The van der Waals surface area contributed by atoms with E-state index in [1.165, 1.54) is 36.4 Å². The van der Waals surface area contributed by atoms with Crippen LogP contribution < -0.4 is 10.0 Å². The monoisotopic (exact) mass is 400 g/mol. The smallest absolute Gasteiger partial charge is 0.322 e. The molecule has 0 fully saturated rings. The fourth-order valence-corrected chi connectivity index (χ4v) is 2.73. The summed E-state index contributed by atoms with van der Waals surface area (Å²) in [4.78, 5) is 12.2. The predicted molar refractivity (Wildman–Crippen MR) is 98.1 cm³/mol. The number of nitrogens with one attached hydrogen (secondary N) is 2. The average molecular weight is 400 g/mol. The van der Waals surface area contributed by atoms with E-state index in [0.29, 0.717) is 0 Å². The van der Waals surface area contributed by atoms with Crippen molar-refractivity contribution in [3.63, 3.8) is 0 Å². The van der Waals surface area contributed by atoms with Gasteiger partial charge in [0.2, 0.25) is 10.0 Å². The Balaban J connectivity index is 2.13. The number of hydrogen-bond donors (Lipinski definition) is 2. The van der Waals surface area contributed by atoms with Gasteiger partial charge < -0.3 is 5.32 Å². The van der Waals surface area contributed by atoms with Gasteiger partial charge >= 0.3 is 6.18 Å². The maximum Gasteiger partial charge on any atom is 0.416 e. The first-order valence-corrected chi connectivity index (χ1v) is 9.39. The second-order valence-corrected chi connectivity index (χ2v) is 9.26. The van der Waals surface area contributed by atoms with E-state index < -0.39 is 32.4 Å². The molecular weight excluding hydrogens is 381 g/mol. The molecule has 2 N–H and O–H groups in total. The highest BCUT2D eigenvalue weighted by atomic mass is 32.2. The SMILES string of the molecule is CC(C)(C)S(=O)(=O)Nc1ccc(C(=O)Nc2cccc(C(F)(F)F)c2)cc1. The Bertz CT molecular complexity index is 932. The van der Waals surface area contributed by atoms with Gasteiger partial charge in [0.25, 0.3) is 5.91 Å². The van der Waals surface area contributed by atoms with E-state index in [9.17, 15) is 26.4 Å². The van der Waals surface area contributed by atoms with Gasteiger partial charge in [-0.1, -0.05) is 6.07 Å². The zero-order valence-electron chi connectivity index (χ0n) is 14.9. The molecule has 0 saturated heterocycles. The Morgan fingerprint density at radius 2 is 1.52 bits per heavy atom. The summed E-state index contributed by atoms with van der Waals surface area (Å²) in [6.45, 7) is 4.64. The molecule has 27 heavy (non-hydrogen) atoms. The molecule has 9 heteroatoms. The molecule has 0 aromatic heterocycles. The number of rotatable bonds is 4. The van der Waals surface area contributed by atoms with Crippen molar-refractivity contribution < 1.29 is 26.4 Å². The van der Waals surface area contributed by atoms with Crippen LogP contribution in [0.25, 0.3) is 0 Å². The fraction of sp³-hybridized carbons (Fsp3) is 0.278. The Hall–Kier alpha value is -2.55. The lowest BCUT2D eigenvalue weighted by molar-refractivity contribution is -0.137. The summed E-state index contributed by atoms with van der Waals surface area (Å²) in [5.74, 6) is -0.612. The van der Waals surface area contributed by atoms with Gasteiger partial charge in [0.05, 0.1) is 10.3 Å². The number of amides is 1. The maximum absolute atomic E-state index is 12.7. The molecule has 2 rings (SSSR count). The number of carbonyl (C=O) groups excluding carboxylic acids is 1. The molecule has 0 heterocycles. The lowest BCUT2D eigenvalue weighted by atomic mass is 10.1. The second-order valence-electron chi connectivity index (χ2n) is 6.83. The Morgan fingerprint density at radius 3 is 2.04 bits per heavy atom. The summed E-state index contributed by atoms with van der Waals surface area (Å²) in [5.41, 5.74) is -0.411. The topological polar surface area (TPSA) is 75.3 Å². The zero-order chi connectivity index (χ0) is 20.5. The molecule has 5 nitrogen and oxygen atoms in total. The van der Waals surface area contributed by atoms with Crippen molar-refractivity contribution in [2.75, 3.05) is 10.0 Å². The Kier molecular flexibility index (Phi) is 5.55. The predicted octanol–water partition coefficient (Wildman–Crippen LogP) is 4.50. The highest BCUT2D eigenvalue weighted by molar-refractivity contribution is 7.94. The fourth-order valence-electron chi connectivity index (χ4n) is 1.97. The summed E-state index contributed by atoms with van der Waals surface area (Å²) in [6.07, 6.45) is -4.51. The van der Waals surface area contributed by atoms with Crippen LogP contribution in [0.1, 0.15) is 36.7 Å². The molecule has 146 valence electrons. The lowest BCUT2D eigenvalue weighted by Gasteiger charge is -2.20. The van der Waals surface area contributed by atoms with Gasteiger partial charge in [-0.15, -0.1) is 0 Å². The first-order valence-electron chi connectivity index (χ1n) is 7.91. The van der Waals surface area contributed by atoms with E-state index >= 15 is 0 Å². The van der Waals surface area contributed by atoms with Crippen molar-refractivity contribution >= 4 is 27.3 Å². The molecular formula is C18H19F3N2O3S. The quantitative estimate of drug-likeness (QED) is 0.794. The van der Waals surface area contributed by atoms with Gasteiger partial charge in [-0.3, -0.25) is 9.52 Å². The van der Waals surface area contributed by atoms with Crippen LogP contribution in [-0.2, 0) is 16.2 Å². The Morgan fingerprint density at radius 1 is 0.926 bits per heavy atom. The molecule has 2 aromatic carbocycles. The molecule has 0 unspecified atom stereocenters. The number of alkyl halides is 3. The number of hydrogen-bond acceptors (Lipinski definition) is 3. The standard InChI is InChI=1S/C18H19F3N2O3S/c1-17(2,3)27(25,26)23-14-9-7-12(8-10-14)16(24)22-15-6-4-5-13(11-15)18(19,20)21/h4-11,23H,1-3H3,(H,22,24). The summed E-state index contributed by atoms with van der Waals surface area (Å²) in [6, 6.07) is 9.86. The van der Waals surface area contributed by atoms with Gasteiger partial charge in [-0.05, 0) is 63.2 Å². The third kappa shape index (κ3) is 5.22. The molecule has 0 radical (unpaired) electrons. The van der Waals surface area contributed by atoms with Gasteiger partial charge in [-0.2, -0.15) is 13.2 Å². The van der Waals surface area contributed by atoms with Crippen LogP contribution in [0.4, 0.5) is 24.5 Å². The van der Waals surface area contributed by atoms with Crippen molar-refractivity contribution in [1.29, 1.82) is 0 Å². The maximum atomic E-state index is 12.7. The van der Waals surface area contributed by atoms with E-state index in [0.717, 1.165) is 12.1 Å². The van der Waals surface area contributed by atoms with E-state index in [-0.39, 0.29) is 16.9 Å². The summed E-state index contributed by atoms with van der Waals surface area (Å²) < 4.78 is 63.8. The van der Waals surface area contributed by atoms with Crippen molar-refractivity contribution in [2.45, 2.75) is 31.7 Å². The lowest BCUT2D eigenvalue weighted by Crippen LogP contribution is -2.33. The van der Waals surface area contributed by atoms with Crippen LogP contribution in [0, 0.1) is 0 Å². The van der Waals surface area contributed by atoms with Crippen molar-refractivity contribution in [3.05, 3.63) is 59.7 Å². The Labute approximate surface area is 155 Å². The molecule has 0 aliphatic heterocycles. The third-order valence-corrected chi connectivity index (χ3v) is 5.77. The minimum absolute atomic E-state index is 0.00679. The highest BCUT2D eigenvalue weighted by Gasteiger charge is 2.30. The molecule has 0 saturated carbocycles. The van der Waals surface area contributed by atoms with Crippen molar-refractivity contribution in [1.82, 2.24) is 0 Å². The largest absolute Gasteiger partial charge is 0.416 e. The van der Waals surface area contributed by atoms with Gasteiger partial charge in [0.15, 0.2) is 0 Å². The third-order valence-electron chi connectivity index (χ3n) is 3.65. The average Bonchev–Trinajstić information content (AvgIpc) is 2.53. The second kappa shape index (κ2) is 7.22. The van der Waals surface area contributed by atoms with E-state index in [1.54, 1.807) is 20.8 Å². The zero-order valence-corrected chi connectivity index (χ0v) is 15.7.